The Morgan fingerprint density at radius 2 is 1.81 bits per heavy atom. The summed E-state index contributed by atoms with van der Waals surface area (Å²) in [5.74, 6) is 0.331. The lowest BCUT2D eigenvalue weighted by Crippen LogP contribution is -2.53. The molecule has 0 atom stereocenters. The smallest absolute Gasteiger partial charge is 0.381 e. The van der Waals surface area contributed by atoms with Crippen LogP contribution in [0.15, 0.2) is 33.6 Å². The molecule has 2 aromatic rings. The molecule has 0 aliphatic heterocycles. The van der Waals surface area contributed by atoms with Crippen LogP contribution < -0.4 is 16.3 Å². The first-order valence-electron chi connectivity index (χ1n) is 8.12. The van der Waals surface area contributed by atoms with Crippen LogP contribution in [-0.4, -0.2) is 19.5 Å². The van der Waals surface area contributed by atoms with E-state index in [1.165, 1.54) is 11.8 Å². The first-order valence-corrected chi connectivity index (χ1v) is 10.9. The molecule has 26 heavy (non-hydrogen) atoms. The summed E-state index contributed by atoms with van der Waals surface area (Å²) in [5, 5.41) is 16.0. The van der Waals surface area contributed by atoms with Gasteiger partial charge in [-0.15, -0.1) is 11.8 Å². The normalized spacial score (nSPS) is 11.3. The molecule has 6 nitrogen and oxygen atoms in total. The standard InChI is InChI=1S/C18H21N2O4PS/c1-5-22-25(21,23-6-2)16-17(26-4)14(11-19)15(24-18(16)20)13-9-7-12(3)8-10-13/h7-10,20H,5-6H2,1-4H3/p+1. The van der Waals surface area contributed by atoms with Crippen molar-refractivity contribution in [3.63, 3.8) is 0 Å². The third-order valence-corrected chi connectivity index (χ3v) is 6.77. The molecule has 0 radical (unpaired) electrons. The topological polar surface area (TPSA) is 98.1 Å². The van der Waals surface area contributed by atoms with Crippen LogP contribution in [-0.2, 0) is 13.6 Å². The maximum atomic E-state index is 13.3. The quantitative estimate of drug-likeness (QED) is 0.573. The lowest BCUT2D eigenvalue weighted by atomic mass is 10.1. The molecule has 0 aliphatic rings. The minimum absolute atomic E-state index is 0.0749. The predicted octanol–water partition coefficient (Wildman–Crippen LogP) is 2.40. The molecule has 0 spiro atoms. The number of hydrogen-bond donors (Lipinski definition) is 1. The number of nitrogens with two attached hydrogens (primary N) is 1. The van der Waals surface area contributed by atoms with Crippen LogP contribution in [0.5, 0.6) is 0 Å². The van der Waals surface area contributed by atoms with E-state index in [0.29, 0.717) is 16.2 Å². The Morgan fingerprint density at radius 3 is 2.27 bits per heavy atom. The number of aryl methyl sites for hydroxylation is 1. The third-order valence-electron chi connectivity index (χ3n) is 3.62. The average molecular weight is 393 g/mol. The summed E-state index contributed by atoms with van der Waals surface area (Å²) >= 11 is 1.26. The van der Waals surface area contributed by atoms with Crippen molar-refractivity contribution in [1.82, 2.24) is 0 Å². The monoisotopic (exact) mass is 393 g/mol. The lowest BCUT2D eigenvalue weighted by molar-refractivity contribution is -0.196. The highest BCUT2D eigenvalue weighted by Crippen LogP contribution is 2.48. The van der Waals surface area contributed by atoms with Gasteiger partial charge >= 0.3 is 13.1 Å². The third kappa shape index (κ3) is 3.94. The molecular weight excluding hydrogens is 371 g/mol. The van der Waals surface area contributed by atoms with Gasteiger partial charge in [-0.05, 0) is 27.0 Å². The van der Waals surface area contributed by atoms with Crippen LogP contribution in [0.25, 0.3) is 11.3 Å². The van der Waals surface area contributed by atoms with Gasteiger partial charge in [-0.2, -0.15) is 5.26 Å². The second-order valence-electron chi connectivity index (χ2n) is 5.36. The molecule has 1 aromatic heterocycles. The molecule has 0 unspecified atom stereocenters. The fourth-order valence-corrected chi connectivity index (χ4v) is 5.45. The van der Waals surface area contributed by atoms with E-state index < -0.39 is 7.60 Å². The highest BCUT2D eigenvalue weighted by molar-refractivity contribution is 7.99. The van der Waals surface area contributed by atoms with E-state index in [9.17, 15) is 9.83 Å². The number of hydrogen-bond acceptors (Lipinski definition) is 6. The fourth-order valence-electron chi connectivity index (χ4n) is 2.52. The zero-order valence-electron chi connectivity index (χ0n) is 15.2. The van der Waals surface area contributed by atoms with Gasteiger partial charge in [0.25, 0.3) is 0 Å². The van der Waals surface area contributed by atoms with E-state index in [-0.39, 0.29) is 29.6 Å². The fraction of sp³-hybridized carbons (Fsp3) is 0.333. The minimum atomic E-state index is -3.71. The molecule has 0 fully saturated rings. The largest absolute Gasteiger partial charge is 0.403 e. The van der Waals surface area contributed by atoms with E-state index >= 15 is 0 Å². The van der Waals surface area contributed by atoms with Gasteiger partial charge in [0.15, 0.2) is 11.1 Å². The Kier molecular flexibility index (Phi) is 6.85. The minimum Gasteiger partial charge on any atom is -0.403 e. The van der Waals surface area contributed by atoms with Crippen LogP contribution in [0.2, 0.25) is 0 Å². The molecule has 8 heteroatoms. The Bertz CT molecular complexity index is 922. The summed E-state index contributed by atoms with van der Waals surface area (Å²) in [6.45, 7) is 5.74. The van der Waals surface area contributed by atoms with E-state index in [4.69, 9.17) is 18.9 Å². The molecule has 138 valence electrons. The molecule has 1 heterocycles. The summed E-state index contributed by atoms with van der Waals surface area (Å²) < 4.78 is 29.8. The van der Waals surface area contributed by atoms with Crippen molar-refractivity contribution < 1.29 is 23.4 Å². The zero-order valence-corrected chi connectivity index (χ0v) is 16.9. The summed E-state index contributed by atoms with van der Waals surface area (Å²) in [7, 11) is -3.71. The van der Waals surface area contributed by atoms with Crippen molar-refractivity contribution in [2.24, 2.45) is 0 Å². The van der Waals surface area contributed by atoms with E-state index in [1.54, 1.807) is 20.1 Å². The molecule has 2 rings (SSSR count). The average Bonchev–Trinajstić information content (AvgIpc) is 2.61. The Balaban J connectivity index is 2.82. The second kappa shape index (κ2) is 8.70. The van der Waals surface area contributed by atoms with Crippen LogP contribution in [0.3, 0.4) is 0 Å². The number of rotatable bonds is 7. The van der Waals surface area contributed by atoms with E-state index in [0.717, 1.165) is 5.56 Å². The van der Waals surface area contributed by atoms with Gasteiger partial charge in [0.2, 0.25) is 0 Å². The maximum absolute atomic E-state index is 13.3. The Labute approximate surface area is 157 Å². The Hall–Kier alpha value is -1.84. The van der Waals surface area contributed by atoms with Crippen molar-refractivity contribution >= 4 is 24.7 Å². The van der Waals surface area contributed by atoms with Gasteiger partial charge in [0.1, 0.15) is 11.6 Å². The van der Waals surface area contributed by atoms with Crippen molar-refractivity contribution in [2.45, 2.75) is 25.7 Å². The molecule has 0 amide bonds. The second-order valence-corrected chi connectivity index (χ2v) is 8.14. The maximum Gasteiger partial charge on any atom is 0.381 e. The van der Waals surface area contributed by atoms with Crippen molar-refractivity contribution in [3.05, 3.63) is 40.9 Å². The van der Waals surface area contributed by atoms with Crippen molar-refractivity contribution in [1.29, 1.82) is 5.26 Å². The number of nitriles is 1. The highest BCUT2D eigenvalue weighted by atomic mass is 32.2. The van der Waals surface area contributed by atoms with Gasteiger partial charge in [-0.1, -0.05) is 29.8 Å². The van der Waals surface area contributed by atoms with Crippen LogP contribution in [0.4, 0.5) is 0 Å². The molecule has 0 saturated heterocycles. The first kappa shape index (κ1) is 20.5. The number of thioether (sulfide) groups is 1. The molecule has 0 bridgehead atoms. The Morgan fingerprint density at radius 1 is 1.23 bits per heavy atom. The van der Waals surface area contributed by atoms with Crippen LogP contribution >= 0.6 is 19.4 Å². The van der Waals surface area contributed by atoms with E-state index in [1.807, 2.05) is 31.2 Å². The lowest BCUT2D eigenvalue weighted by Gasteiger charge is -2.18. The van der Waals surface area contributed by atoms with Gasteiger partial charge in [-0.3, -0.25) is 4.57 Å². The molecule has 2 N–H and O–H groups in total. The summed E-state index contributed by atoms with van der Waals surface area (Å²) in [4.78, 5) is 0.442. The molecular formula is C18H22N2O4PS+. The number of benzene rings is 1. The highest BCUT2D eigenvalue weighted by Gasteiger charge is 2.38. The molecule has 1 aromatic carbocycles. The number of nitrogens with zero attached hydrogens (tertiary/aromatic N) is 1. The first-order chi connectivity index (χ1) is 12.4. The summed E-state index contributed by atoms with van der Waals surface area (Å²) in [5.41, 5.74) is 1.97. The van der Waals surface area contributed by atoms with Crippen LogP contribution in [0.1, 0.15) is 25.0 Å². The van der Waals surface area contributed by atoms with Gasteiger partial charge < -0.3 is 13.5 Å². The molecule has 0 aliphatic carbocycles. The van der Waals surface area contributed by atoms with Crippen molar-refractivity contribution in [3.8, 4) is 17.4 Å². The van der Waals surface area contributed by atoms with Gasteiger partial charge in [0, 0.05) is 5.56 Å². The van der Waals surface area contributed by atoms with Crippen LogP contribution in [0, 0.1) is 18.3 Å². The van der Waals surface area contributed by atoms with E-state index in [2.05, 4.69) is 6.07 Å². The predicted molar refractivity (Wildman–Crippen MR) is 101 cm³/mol. The van der Waals surface area contributed by atoms with Gasteiger partial charge in [0.05, 0.1) is 18.1 Å². The molecule has 0 saturated carbocycles. The zero-order chi connectivity index (χ0) is 19.3. The van der Waals surface area contributed by atoms with Crippen molar-refractivity contribution in [2.75, 3.05) is 19.5 Å². The SMILES string of the molecule is CCOP(=O)(OCC)c1c(SC)c(C#N)c(-c2ccc(C)cc2)oc1=[NH2+]. The van der Waals surface area contributed by atoms with Gasteiger partial charge in [-0.25, -0.2) is 5.41 Å². The summed E-state index contributed by atoms with van der Waals surface area (Å²) in [6.07, 6.45) is 1.78. The summed E-state index contributed by atoms with van der Waals surface area (Å²) in [6, 6.07) is 9.68.